The molecule has 5 aromatic rings. The molecule has 0 spiro atoms. The first kappa shape index (κ1) is 57.8. The number of urea groups is 1. The largest absolute Gasteiger partial charge is 0.386 e. The van der Waals surface area contributed by atoms with E-state index in [-0.39, 0.29) is 60.0 Å². The Hall–Kier alpha value is -6.32. The molecule has 1 aromatic carbocycles. The van der Waals surface area contributed by atoms with Gasteiger partial charge in [-0.1, -0.05) is 55.6 Å². The average Bonchev–Trinajstić information content (AvgIpc) is 4.24. The van der Waals surface area contributed by atoms with E-state index in [4.69, 9.17) is 59.8 Å². The second-order valence-corrected chi connectivity index (χ2v) is 23.6. The number of carbonyl (C=O) groups is 4. The van der Waals surface area contributed by atoms with E-state index >= 15 is 4.39 Å². The number of hydrogen-bond acceptors (Lipinski definition) is 23. The number of nitrogens with one attached hydrogen (secondary N) is 4. The molecular weight excluding hydrogens is 1110 g/mol. The fraction of sp³-hybridized carbons (Fsp3) is 0.512. The van der Waals surface area contributed by atoms with Gasteiger partial charge in [-0.2, -0.15) is 0 Å². The highest BCUT2D eigenvalue weighted by atomic mass is 32.7. The molecule has 78 heavy (non-hydrogen) atoms. The number of fused-ring (bicyclic) bond motifs is 4. The molecule has 3 aliphatic rings. The summed E-state index contributed by atoms with van der Waals surface area (Å²) < 4.78 is 95.0. The van der Waals surface area contributed by atoms with Crippen LogP contribution in [0.5, 0.6) is 0 Å². The van der Waals surface area contributed by atoms with Crippen LogP contribution in [-0.4, -0.2) is 145 Å². The molecule has 5 amide bonds. The molecule has 12 atom stereocenters. The van der Waals surface area contributed by atoms with Crippen LogP contribution in [-0.2, 0) is 67.2 Å². The van der Waals surface area contributed by atoms with E-state index in [1.807, 2.05) is 0 Å². The van der Waals surface area contributed by atoms with Crippen molar-refractivity contribution in [2.45, 2.75) is 94.5 Å². The van der Waals surface area contributed by atoms with Gasteiger partial charge in [0.1, 0.15) is 79.6 Å². The first-order valence-electron chi connectivity index (χ1n) is 23.6. The molecule has 0 unspecified atom stereocenters. The highest BCUT2D eigenvalue weighted by Gasteiger charge is 2.55. The zero-order valence-electron chi connectivity index (χ0n) is 41.2. The Bertz CT molecular complexity index is 3140. The number of imidazole rings is 2. The van der Waals surface area contributed by atoms with Gasteiger partial charge in [0.25, 0.3) is 0 Å². The Morgan fingerprint density at radius 2 is 1.46 bits per heavy atom. The van der Waals surface area contributed by atoms with Crippen LogP contribution in [0.15, 0.2) is 54.7 Å². The minimum Gasteiger partial charge on any atom is -0.382 e. The number of anilines is 3. The molecule has 10 N–H and O–H groups in total. The van der Waals surface area contributed by atoms with Gasteiger partial charge in [-0.3, -0.25) is 41.6 Å². The summed E-state index contributed by atoms with van der Waals surface area (Å²) in [6.45, 7) is -7.97. The van der Waals surface area contributed by atoms with E-state index in [0.29, 0.717) is 11.3 Å². The zero-order valence-corrected chi connectivity index (χ0v) is 44.7. The van der Waals surface area contributed by atoms with E-state index in [1.165, 1.54) is 28.1 Å². The molecule has 3 aliphatic heterocycles. The summed E-state index contributed by atoms with van der Waals surface area (Å²) in [7, 11) is 0. The first-order valence-corrected chi connectivity index (χ1v) is 29.0. The van der Waals surface area contributed by atoms with Crippen LogP contribution in [0, 0.1) is 5.92 Å². The van der Waals surface area contributed by atoms with Gasteiger partial charge < -0.3 is 57.4 Å². The minimum absolute atomic E-state index is 0.0227. The van der Waals surface area contributed by atoms with E-state index in [9.17, 15) is 28.3 Å². The maximum atomic E-state index is 16.4. The Balaban J connectivity index is 0.951. The number of carbonyl (C=O) groups excluding carboxylic acids is 4. The second kappa shape index (κ2) is 25.2. The van der Waals surface area contributed by atoms with Crippen LogP contribution in [0.25, 0.3) is 32.8 Å². The SMILES string of the molecule is CC(C)[C@H](NC(=O)CN=[N+]=[N-])C(=O)N[C@@H](CCCNC(N)=O)C(=O)Nc1ccc(COCO[C@@H]2[C@@H]3O[P@](=O)(S)OC[C@H]4O[C@@H](n5cnc6c(N)ncnc65)[C@H](F)[C@@H]4O[P@](=O)(S)OC[C@H]3O[C@H]2n2cnc3c(N)ncnc32)cc1. The molecule has 420 valence electrons. The van der Waals surface area contributed by atoms with Crippen molar-refractivity contribution in [3.05, 3.63) is 65.6 Å². The number of nitrogens with zero attached hydrogens (tertiary/aromatic N) is 11. The number of rotatable bonds is 19. The van der Waals surface area contributed by atoms with Gasteiger partial charge in [-0.15, -0.1) is 0 Å². The number of benzene rings is 1. The number of nitrogens with two attached hydrogens (primary N) is 3. The van der Waals surface area contributed by atoms with Crippen molar-refractivity contribution in [1.82, 2.24) is 55.0 Å². The number of alkyl halides is 1. The smallest absolute Gasteiger partial charge is 0.382 e. The highest BCUT2D eigenvalue weighted by Crippen LogP contribution is 2.60. The number of primary amides is 1. The van der Waals surface area contributed by atoms with Crippen molar-refractivity contribution in [3.8, 4) is 0 Å². The van der Waals surface area contributed by atoms with E-state index < -0.39 is 131 Å². The van der Waals surface area contributed by atoms with Crippen molar-refractivity contribution >= 4 is 101 Å². The molecule has 3 saturated heterocycles. The lowest BCUT2D eigenvalue weighted by Gasteiger charge is -2.29. The van der Waals surface area contributed by atoms with Crippen molar-refractivity contribution in [1.29, 1.82) is 0 Å². The first-order chi connectivity index (χ1) is 37.2. The van der Waals surface area contributed by atoms with Crippen LogP contribution in [0.3, 0.4) is 0 Å². The van der Waals surface area contributed by atoms with Gasteiger partial charge in [0, 0.05) is 17.1 Å². The van der Waals surface area contributed by atoms with Crippen LogP contribution < -0.4 is 38.5 Å². The Labute approximate surface area is 451 Å². The molecule has 8 rings (SSSR count). The molecule has 37 heteroatoms. The summed E-state index contributed by atoms with van der Waals surface area (Å²) in [5.41, 5.74) is 27.4. The highest BCUT2D eigenvalue weighted by molar-refractivity contribution is 8.44. The maximum absolute atomic E-state index is 16.4. The molecule has 0 bridgehead atoms. The fourth-order valence-electron chi connectivity index (χ4n) is 8.46. The number of aromatic nitrogens is 8. The summed E-state index contributed by atoms with van der Waals surface area (Å²) in [5.74, 6) is -2.35. The Kier molecular flexibility index (Phi) is 18.7. The quantitative estimate of drug-likeness (QED) is 0.0109. The number of hydrogen-bond donors (Lipinski definition) is 9. The molecule has 4 aromatic heterocycles. The summed E-state index contributed by atoms with van der Waals surface area (Å²) >= 11 is 8.42. The van der Waals surface area contributed by atoms with Gasteiger partial charge in [-0.25, -0.2) is 48.2 Å². The summed E-state index contributed by atoms with van der Waals surface area (Å²) in [6, 6.07) is 3.44. The van der Waals surface area contributed by atoms with Gasteiger partial charge in [0.05, 0.1) is 32.5 Å². The Morgan fingerprint density at radius 1 is 0.872 bits per heavy atom. The van der Waals surface area contributed by atoms with Crippen LogP contribution in [0.4, 0.5) is 26.5 Å². The summed E-state index contributed by atoms with van der Waals surface area (Å²) in [6.07, 6.45) is -6.74. The minimum atomic E-state index is -4.51. The average molecular weight is 1170 g/mol. The van der Waals surface area contributed by atoms with Crippen molar-refractivity contribution < 1.29 is 69.7 Å². The van der Waals surface area contributed by atoms with Crippen molar-refractivity contribution in [3.63, 3.8) is 0 Å². The molecule has 7 heterocycles. The standard InChI is InChI=1S/C41H53FN18O14P2S2/c1-19(2)27(57-25(61)10-54-58-46)38(63)56-22(4-3-9-47-41(45)64)37(62)55-21-7-5-20(6-8-21)11-67-18-68-32-31-24(72-40(32)60-17-53-29-34(44)49-15-51-36(29)60)13-70-75(65,77)73-30-23(12-69-76(66,78)74-31)71-39(26(30)42)59-16-52-28-33(43)48-14-50-35(28)59/h5-8,14-17,19,22-24,26-27,30-32,39-40H,3-4,9-13,18H2,1-2H3,(H,55,62)(H,56,63)(H,57,61)(H,65,77)(H,66,78)(H2,43,48,50)(H2,44,49,51)(H3,45,47,64)/t22-,23+,24+,26+,27-,30+,31+,32+,39+,40+,75+,76+/m0/s1. The van der Waals surface area contributed by atoms with Gasteiger partial charge in [0.2, 0.25) is 17.7 Å². The number of azide groups is 1. The third-order valence-corrected chi connectivity index (χ3v) is 15.4. The third kappa shape index (κ3) is 13.9. The second-order valence-electron chi connectivity index (χ2n) is 17.9. The third-order valence-electron chi connectivity index (χ3n) is 12.2. The lowest BCUT2D eigenvalue weighted by molar-refractivity contribution is -0.140. The lowest BCUT2D eigenvalue weighted by atomic mass is 10.0. The topological polar surface area (TPSA) is 438 Å². The molecule has 0 aliphatic carbocycles. The van der Waals surface area contributed by atoms with Crippen LogP contribution >= 0.6 is 38.1 Å². The van der Waals surface area contributed by atoms with Crippen LogP contribution in [0.2, 0.25) is 0 Å². The van der Waals surface area contributed by atoms with Gasteiger partial charge in [0.15, 0.2) is 41.6 Å². The molecule has 3 fully saturated rings. The van der Waals surface area contributed by atoms with Gasteiger partial charge in [-0.05, 0) is 42.0 Å². The molecule has 0 radical (unpaired) electrons. The molecular formula is C41H53FN18O14P2S2. The number of amides is 5. The van der Waals surface area contributed by atoms with E-state index in [0.717, 1.165) is 6.33 Å². The zero-order chi connectivity index (χ0) is 55.9. The van der Waals surface area contributed by atoms with E-state index in [2.05, 4.69) is 85.7 Å². The van der Waals surface area contributed by atoms with Crippen molar-refractivity contribution in [2.24, 2.45) is 16.8 Å². The van der Waals surface area contributed by atoms with E-state index in [1.54, 1.807) is 38.1 Å². The fourth-order valence-corrected chi connectivity index (χ4v) is 11.4. The molecule has 32 nitrogen and oxygen atoms in total. The number of halogens is 1. The van der Waals surface area contributed by atoms with Crippen LogP contribution in [0.1, 0.15) is 44.7 Å². The Morgan fingerprint density at radius 3 is 2.06 bits per heavy atom. The number of ether oxygens (including phenoxy) is 4. The van der Waals surface area contributed by atoms with Crippen molar-refractivity contribution in [2.75, 3.05) is 49.9 Å². The van der Waals surface area contributed by atoms with Gasteiger partial charge >= 0.3 is 19.6 Å². The number of thiol groups is 2. The normalized spacial score (nSPS) is 27.1. The predicted octanol–water partition coefficient (Wildman–Crippen LogP) is 2.74. The lowest BCUT2D eigenvalue weighted by Crippen LogP contribution is -2.55. The maximum Gasteiger partial charge on any atom is 0.386 e. The summed E-state index contributed by atoms with van der Waals surface area (Å²) in [4.78, 5) is 78.0. The predicted molar refractivity (Wildman–Crippen MR) is 276 cm³/mol. The monoisotopic (exact) mass is 1170 g/mol. The summed E-state index contributed by atoms with van der Waals surface area (Å²) in [5, 5.41) is 13.6. The molecule has 0 saturated carbocycles. The number of nitrogen functional groups attached to an aromatic ring is 2.